The molecule has 0 spiro atoms. The molecule has 200 valence electrons. The molecule has 3 aromatic carbocycles. The first-order valence-corrected chi connectivity index (χ1v) is 13.3. The highest BCUT2D eigenvalue weighted by Gasteiger charge is 2.40. The zero-order valence-corrected chi connectivity index (χ0v) is 22.7. The number of anilines is 2. The van der Waals surface area contributed by atoms with E-state index < -0.39 is 23.8 Å². The summed E-state index contributed by atoms with van der Waals surface area (Å²) in [7, 11) is 0. The van der Waals surface area contributed by atoms with Crippen LogP contribution >= 0.6 is 11.8 Å². The van der Waals surface area contributed by atoms with Gasteiger partial charge in [0.2, 0.25) is 0 Å². The average Bonchev–Trinajstić information content (AvgIpc) is 3.17. The Morgan fingerprint density at radius 3 is 2.21 bits per heavy atom. The number of aryl methyl sites for hydroxylation is 1. The number of nitrogens with one attached hydrogen (secondary N) is 1. The summed E-state index contributed by atoms with van der Waals surface area (Å²) < 4.78 is 10.2. The molecule has 0 saturated carbocycles. The van der Waals surface area contributed by atoms with Crippen molar-refractivity contribution in [3.8, 4) is 0 Å². The fourth-order valence-electron chi connectivity index (χ4n) is 3.78. The van der Waals surface area contributed by atoms with Gasteiger partial charge in [0.15, 0.2) is 0 Å². The first-order valence-electron chi connectivity index (χ1n) is 12.5. The van der Waals surface area contributed by atoms with Crippen molar-refractivity contribution < 1.29 is 28.7 Å². The number of thioether (sulfide) groups is 1. The second-order valence-electron chi connectivity index (χ2n) is 8.67. The fraction of sp³-hybridized carbons (Fsp3) is 0.200. The summed E-state index contributed by atoms with van der Waals surface area (Å²) in [5, 5.41) is 3.06. The Kier molecular flexibility index (Phi) is 8.83. The first kappa shape index (κ1) is 27.7. The Morgan fingerprint density at radius 1 is 0.846 bits per heavy atom. The highest BCUT2D eigenvalue weighted by Crippen LogP contribution is 2.38. The third kappa shape index (κ3) is 6.38. The van der Waals surface area contributed by atoms with Crippen molar-refractivity contribution in [2.24, 2.45) is 0 Å². The van der Waals surface area contributed by atoms with Crippen LogP contribution in [0.1, 0.15) is 46.5 Å². The van der Waals surface area contributed by atoms with Crippen LogP contribution < -0.4 is 10.2 Å². The monoisotopic (exact) mass is 544 g/mol. The molecule has 1 aliphatic heterocycles. The van der Waals surface area contributed by atoms with Crippen molar-refractivity contribution in [1.82, 2.24) is 0 Å². The van der Waals surface area contributed by atoms with Gasteiger partial charge in [-0.15, -0.1) is 0 Å². The summed E-state index contributed by atoms with van der Waals surface area (Å²) in [5.41, 5.74) is 2.55. The Balaban J connectivity index is 1.67. The zero-order chi connectivity index (χ0) is 27.9. The lowest BCUT2D eigenvalue weighted by atomic mass is 10.2. The number of hydrogen-bond donors (Lipinski definition) is 1. The molecule has 9 heteroatoms. The van der Waals surface area contributed by atoms with E-state index in [-0.39, 0.29) is 17.2 Å². The summed E-state index contributed by atoms with van der Waals surface area (Å²) >= 11 is 1.17. The standard InChI is InChI=1S/C30H28N2O6S/c1-4-17-38-29(35)20-11-13-23(14-12-20)32-27(33)25(26(28(32)34)39-24-15-9-19(3)10-16-24)31-22-8-6-7-21(18-22)30(36)37-5-2/h6-16,18,31H,4-5,17H2,1-3H3. The molecule has 0 aliphatic carbocycles. The van der Waals surface area contributed by atoms with Crippen LogP contribution in [0, 0.1) is 6.92 Å². The van der Waals surface area contributed by atoms with E-state index in [1.807, 2.05) is 38.1 Å². The van der Waals surface area contributed by atoms with Crippen LogP contribution in [0.3, 0.4) is 0 Å². The van der Waals surface area contributed by atoms with Gasteiger partial charge in [-0.05, 0) is 74.9 Å². The minimum absolute atomic E-state index is 0.0815. The van der Waals surface area contributed by atoms with Crippen molar-refractivity contribution in [2.45, 2.75) is 32.1 Å². The number of carbonyl (C=O) groups is 4. The van der Waals surface area contributed by atoms with E-state index in [9.17, 15) is 19.2 Å². The van der Waals surface area contributed by atoms with Gasteiger partial charge in [0.05, 0.1) is 30.0 Å². The van der Waals surface area contributed by atoms with E-state index in [0.717, 1.165) is 15.4 Å². The molecule has 0 aromatic heterocycles. The Hall–Kier alpha value is -4.37. The molecule has 2 amide bonds. The number of nitrogens with zero attached hydrogens (tertiary/aromatic N) is 1. The second kappa shape index (κ2) is 12.4. The molecule has 0 bridgehead atoms. The highest BCUT2D eigenvalue weighted by atomic mass is 32.2. The third-order valence-corrected chi connectivity index (χ3v) is 6.81. The summed E-state index contributed by atoms with van der Waals surface area (Å²) in [5.74, 6) is -2.02. The quantitative estimate of drug-likeness (QED) is 0.255. The van der Waals surface area contributed by atoms with E-state index >= 15 is 0 Å². The van der Waals surface area contributed by atoms with E-state index in [2.05, 4.69) is 5.32 Å². The molecular weight excluding hydrogens is 516 g/mol. The summed E-state index contributed by atoms with van der Waals surface area (Å²) in [4.78, 5) is 53.7. The molecule has 0 atom stereocenters. The maximum atomic E-state index is 13.6. The number of carbonyl (C=O) groups excluding carboxylic acids is 4. The van der Waals surface area contributed by atoms with Crippen LogP contribution in [-0.2, 0) is 19.1 Å². The molecule has 0 fully saturated rings. The smallest absolute Gasteiger partial charge is 0.338 e. The molecule has 0 unspecified atom stereocenters. The average molecular weight is 545 g/mol. The largest absolute Gasteiger partial charge is 0.462 e. The maximum Gasteiger partial charge on any atom is 0.338 e. The van der Waals surface area contributed by atoms with Crippen molar-refractivity contribution in [2.75, 3.05) is 23.4 Å². The summed E-state index contributed by atoms with van der Waals surface area (Å²) in [6.45, 7) is 6.12. The predicted molar refractivity (Wildman–Crippen MR) is 150 cm³/mol. The van der Waals surface area contributed by atoms with Crippen LogP contribution in [0.2, 0.25) is 0 Å². The molecule has 39 heavy (non-hydrogen) atoms. The molecule has 0 radical (unpaired) electrons. The van der Waals surface area contributed by atoms with Gasteiger partial charge < -0.3 is 14.8 Å². The van der Waals surface area contributed by atoms with E-state index in [0.29, 0.717) is 35.5 Å². The van der Waals surface area contributed by atoms with Crippen LogP contribution in [0.5, 0.6) is 0 Å². The minimum atomic E-state index is -0.558. The maximum absolute atomic E-state index is 13.6. The van der Waals surface area contributed by atoms with Gasteiger partial charge in [-0.25, -0.2) is 14.5 Å². The SMILES string of the molecule is CCCOC(=O)c1ccc(N2C(=O)C(Nc3cccc(C(=O)OCC)c3)=C(Sc3ccc(C)cc3)C2=O)cc1. The molecular formula is C30H28N2O6S. The zero-order valence-electron chi connectivity index (χ0n) is 21.9. The number of hydrogen-bond acceptors (Lipinski definition) is 8. The number of benzene rings is 3. The van der Waals surface area contributed by atoms with Crippen molar-refractivity contribution in [3.63, 3.8) is 0 Å². The van der Waals surface area contributed by atoms with Crippen molar-refractivity contribution in [1.29, 1.82) is 0 Å². The molecule has 1 N–H and O–H groups in total. The second-order valence-corrected chi connectivity index (χ2v) is 9.76. The predicted octanol–water partition coefficient (Wildman–Crippen LogP) is 5.73. The van der Waals surface area contributed by atoms with Gasteiger partial charge in [0.1, 0.15) is 10.6 Å². The lowest BCUT2D eigenvalue weighted by molar-refractivity contribution is -0.120. The highest BCUT2D eigenvalue weighted by molar-refractivity contribution is 8.04. The minimum Gasteiger partial charge on any atom is -0.462 e. The van der Waals surface area contributed by atoms with Gasteiger partial charge in [-0.2, -0.15) is 0 Å². The summed E-state index contributed by atoms with van der Waals surface area (Å²) in [6.07, 6.45) is 0.701. The molecule has 8 nitrogen and oxygen atoms in total. The lowest BCUT2D eigenvalue weighted by Gasteiger charge is -2.16. The number of esters is 2. The molecule has 1 aliphatic rings. The summed E-state index contributed by atoms with van der Waals surface area (Å²) in [6, 6.07) is 20.3. The Labute approximate surface area is 231 Å². The van der Waals surface area contributed by atoms with E-state index in [1.165, 1.54) is 36.0 Å². The van der Waals surface area contributed by atoms with Gasteiger partial charge in [-0.3, -0.25) is 9.59 Å². The molecule has 0 saturated heterocycles. The fourth-order valence-corrected chi connectivity index (χ4v) is 4.71. The van der Waals surface area contributed by atoms with E-state index in [1.54, 1.807) is 31.2 Å². The number of rotatable bonds is 10. The van der Waals surface area contributed by atoms with Crippen LogP contribution in [0.15, 0.2) is 88.3 Å². The normalized spacial score (nSPS) is 13.1. The Morgan fingerprint density at radius 2 is 1.54 bits per heavy atom. The number of imide groups is 1. The number of amides is 2. The van der Waals surface area contributed by atoms with Gasteiger partial charge in [0, 0.05) is 10.6 Å². The van der Waals surface area contributed by atoms with Crippen molar-refractivity contribution >= 4 is 46.9 Å². The van der Waals surface area contributed by atoms with Gasteiger partial charge in [0.25, 0.3) is 11.8 Å². The van der Waals surface area contributed by atoms with Crippen LogP contribution in [0.25, 0.3) is 0 Å². The topological polar surface area (TPSA) is 102 Å². The van der Waals surface area contributed by atoms with Crippen LogP contribution in [-0.4, -0.2) is 37.0 Å². The van der Waals surface area contributed by atoms with E-state index in [4.69, 9.17) is 9.47 Å². The Bertz CT molecular complexity index is 1430. The molecule has 3 aromatic rings. The third-order valence-electron chi connectivity index (χ3n) is 5.72. The number of ether oxygens (including phenoxy) is 2. The van der Waals surface area contributed by atoms with Gasteiger partial charge in [-0.1, -0.05) is 42.4 Å². The molecule has 1 heterocycles. The van der Waals surface area contributed by atoms with Crippen molar-refractivity contribution in [3.05, 3.63) is 100 Å². The van der Waals surface area contributed by atoms with Crippen LogP contribution in [0.4, 0.5) is 11.4 Å². The lowest BCUT2D eigenvalue weighted by Crippen LogP contribution is -2.32. The first-order chi connectivity index (χ1) is 18.8. The molecule has 4 rings (SSSR count). The van der Waals surface area contributed by atoms with Gasteiger partial charge >= 0.3 is 11.9 Å².